The monoisotopic (exact) mass is 325 g/mol. The van der Waals surface area contributed by atoms with Crippen LogP contribution in [0.4, 0.5) is 0 Å². The summed E-state index contributed by atoms with van der Waals surface area (Å²) in [4.78, 5) is 9.29. The van der Waals surface area contributed by atoms with Gasteiger partial charge in [0.25, 0.3) is 0 Å². The minimum absolute atomic E-state index is 0.506. The standard InChI is InChI=1S/C19H23N3O2/c1-11-4-3-5-15(12(11)2)19(18(23)22-24)8-14-10-20-17(13-6-7-13)21-16(14)9-19/h3-5,10,13,18,22-24H,6-9H2,1-2H3/t18?,19-/m1/s1. The first kappa shape index (κ1) is 15.7. The van der Waals surface area contributed by atoms with Gasteiger partial charge < -0.3 is 10.3 Å². The maximum absolute atomic E-state index is 10.6. The first-order valence-electron chi connectivity index (χ1n) is 8.54. The maximum atomic E-state index is 10.6. The van der Waals surface area contributed by atoms with Crippen LogP contribution >= 0.6 is 0 Å². The number of aromatic nitrogens is 2. The molecule has 24 heavy (non-hydrogen) atoms. The van der Waals surface area contributed by atoms with E-state index in [1.54, 1.807) is 0 Å². The van der Waals surface area contributed by atoms with Crippen molar-refractivity contribution in [3.05, 3.63) is 58.2 Å². The third kappa shape index (κ3) is 2.35. The number of nitrogens with zero attached hydrogens (tertiary/aromatic N) is 2. The van der Waals surface area contributed by atoms with Crippen LogP contribution in [0, 0.1) is 13.8 Å². The van der Waals surface area contributed by atoms with Gasteiger partial charge in [0, 0.05) is 29.6 Å². The lowest BCUT2D eigenvalue weighted by atomic mass is 9.74. The molecule has 0 radical (unpaired) electrons. The quantitative estimate of drug-likeness (QED) is 0.594. The smallest absolute Gasteiger partial charge is 0.137 e. The number of fused-ring (bicyclic) bond motifs is 1. The number of hydrogen-bond donors (Lipinski definition) is 3. The Kier molecular flexibility index (Phi) is 3.67. The van der Waals surface area contributed by atoms with E-state index < -0.39 is 11.6 Å². The van der Waals surface area contributed by atoms with Crippen LogP contribution in [-0.4, -0.2) is 26.5 Å². The fraction of sp³-hybridized carbons (Fsp3) is 0.474. The van der Waals surface area contributed by atoms with Crippen molar-refractivity contribution in [2.75, 3.05) is 0 Å². The first-order chi connectivity index (χ1) is 11.5. The van der Waals surface area contributed by atoms with Gasteiger partial charge in [-0.3, -0.25) is 0 Å². The molecule has 1 saturated carbocycles. The van der Waals surface area contributed by atoms with Crippen molar-refractivity contribution in [1.29, 1.82) is 0 Å². The molecule has 1 aromatic heterocycles. The van der Waals surface area contributed by atoms with Crippen LogP contribution in [-0.2, 0) is 18.3 Å². The lowest BCUT2D eigenvalue weighted by molar-refractivity contribution is -0.0469. The molecule has 3 N–H and O–H groups in total. The Labute approximate surface area is 141 Å². The van der Waals surface area contributed by atoms with Gasteiger partial charge in [-0.2, -0.15) is 5.48 Å². The Morgan fingerprint density at radius 3 is 2.75 bits per heavy atom. The number of aliphatic hydroxyl groups excluding tert-OH is 1. The highest BCUT2D eigenvalue weighted by Crippen LogP contribution is 2.44. The summed E-state index contributed by atoms with van der Waals surface area (Å²) in [6, 6.07) is 6.12. The summed E-state index contributed by atoms with van der Waals surface area (Å²) in [7, 11) is 0. The molecule has 1 fully saturated rings. The van der Waals surface area contributed by atoms with Gasteiger partial charge in [-0.1, -0.05) is 18.2 Å². The van der Waals surface area contributed by atoms with Gasteiger partial charge in [0.15, 0.2) is 0 Å². The van der Waals surface area contributed by atoms with E-state index in [2.05, 4.69) is 30.4 Å². The van der Waals surface area contributed by atoms with Crippen molar-refractivity contribution < 1.29 is 10.3 Å². The van der Waals surface area contributed by atoms with E-state index in [9.17, 15) is 10.3 Å². The van der Waals surface area contributed by atoms with Gasteiger partial charge in [-0.25, -0.2) is 9.97 Å². The number of nitrogens with one attached hydrogen (secondary N) is 1. The predicted octanol–water partition coefficient (Wildman–Crippen LogP) is 2.30. The van der Waals surface area contributed by atoms with E-state index in [-0.39, 0.29) is 0 Å². The molecule has 0 saturated heterocycles. The predicted molar refractivity (Wildman–Crippen MR) is 89.9 cm³/mol. The molecule has 0 amide bonds. The molecule has 1 heterocycles. The molecule has 0 bridgehead atoms. The molecule has 2 aromatic rings. The van der Waals surface area contributed by atoms with Crippen LogP contribution < -0.4 is 5.48 Å². The van der Waals surface area contributed by atoms with E-state index >= 15 is 0 Å². The Bertz CT molecular complexity index is 788. The second-order valence-electron chi connectivity index (χ2n) is 7.26. The van der Waals surface area contributed by atoms with Crippen LogP contribution in [0.3, 0.4) is 0 Å². The second kappa shape index (κ2) is 5.62. The maximum Gasteiger partial charge on any atom is 0.137 e. The molecule has 4 rings (SSSR count). The molecule has 2 atom stereocenters. The van der Waals surface area contributed by atoms with E-state index in [4.69, 9.17) is 4.98 Å². The molecule has 1 aromatic carbocycles. The fourth-order valence-corrected chi connectivity index (χ4v) is 3.94. The number of rotatable bonds is 4. The molecule has 2 aliphatic carbocycles. The molecule has 0 spiro atoms. The van der Waals surface area contributed by atoms with Gasteiger partial charge in [-0.15, -0.1) is 0 Å². The van der Waals surface area contributed by atoms with Crippen LogP contribution in [0.2, 0.25) is 0 Å². The molecule has 0 aliphatic heterocycles. The SMILES string of the molecule is Cc1cccc([C@@]2(C(O)NO)Cc3cnc(C4CC4)nc3C2)c1C. The van der Waals surface area contributed by atoms with Gasteiger partial charge in [0.1, 0.15) is 12.1 Å². The van der Waals surface area contributed by atoms with E-state index in [1.165, 1.54) is 18.4 Å². The fourth-order valence-electron chi connectivity index (χ4n) is 3.94. The minimum Gasteiger partial charge on any atom is -0.376 e. The van der Waals surface area contributed by atoms with Crippen molar-refractivity contribution in [3.63, 3.8) is 0 Å². The Morgan fingerprint density at radius 2 is 2.04 bits per heavy atom. The van der Waals surface area contributed by atoms with Crippen LogP contribution in [0.25, 0.3) is 0 Å². The van der Waals surface area contributed by atoms with Crippen molar-refractivity contribution in [1.82, 2.24) is 15.4 Å². The lowest BCUT2D eigenvalue weighted by Crippen LogP contribution is -2.48. The zero-order chi connectivity index (χ0) is 16.9. The largest absolute Gasteiger partial charge is 0.376 e. The summed E-state index contributed by atoms with van der Waals surface area (Å²) in [5.41, 5.74) is 6.91. The third-order valence-electron chi connectivity index (χ3n) is 5.69. The van der Waals surface area contributed by atoms with Crippen molar-refractivity contribution in [3.8, 4) is 0 Å². The topological polar surface area (TPSA) is 78.3 Å². The van der Waals surface area contributed by atoms with E-state index in [0.29, 0.717) is 18.8 Å². The number of benzene rings is 1. The van der Waals surface area contributed by atoms with Gasteiger partial charge >= 0.3 is 0 Å². The molecule has 2 aliphatic rings. The highest BCUT2D eigenvalue weighted by molar-refractivity contribution is 5.45. The lowest BCUT2D eigenvalue weighted by Gasteiger charge is -2.35. The van der Waals surface area contributed by atoms with Gasteiger partial charge in [-0.05, 0) is 55.4 Å². The van der Waals surface area contributed by atoms with Crippen molar-refractivity contribution in [2.24, 2.45) is 0 Å². The number of aliphatic hydroxyl groups is 1. The molecule has 5 nitrogen and oxygen atoms in total. The second-order valence-corrected chi connectivity index (χ2v) is 7.26. The summed E-state index contributed by atoms with van der Waals surface area (Å²) in [6.07, 6.45) is 4.41. The zero-order valence-corrected chi connectivity index (χ0v) is 14.1. The number of hydroxylamine groups is 1. The van der Waals surface area contributed by atoms with E-state index in [1.807, 2.05) is 18.3 Å². The van der Waals surface area contributed by atoms with Crippen LogP contribution in [0.1, 0.15) is 52.5 Å². The van der Waals surface area contributed by atoms with Crippen molar-refractivity contribution >= 4 is 0 Å². The average molecular weight is 325 g/mol. The van der Waals surface area contributed by atoms with Crippen molar-refractivity contribution in [2.45, 2.75) is 57.1 Å². The van der Waals surface area contributed by atoms with Crippen LogP contribution in [0.15, 0.2) is 24.4 Å². The summed E-state index contributed by atoms with van der Waals surface area (Å²) >= 11 is 0. The minimum atomic E-state index is -1.06. The average Bonchev–Trinajstić information content (AvgIpc) is 3.36. The summed E-state index contributed by atoms with van der Waals surface area (Å²) in [5, 5.41) is 20.1. The molecule has 1 unspecified atom stereocenters. The number of hydrogen-bond acceptors (Lipinski definition) is 5. The number of aryl methyl sites for hydroxylation is 1. The Balaban J connectivity index is 1.80. The molecular formula is C19H23N3O2. The summed E-state index contributed by atoms with van der Waals surface area (Å²) in [6.45, 7) is 4.14. The van der Waals surface area contributed by atoms with Crippen LogP contribution in [0.5, 0.6) is 0 Å². The highest BCUT2D eigenvalue weighted by Gasteiger charge is 2.47. The van der Waals surface area contributed by atoms with E-state index in [0.717, 1.165) is 28.2 Å². The highest BCUT2D eigenvalue weighted by atomic mass is 16.5. The molecule has 5 heteroatoms. The Hall–Kier alpha value is -1.82. The normalized spacial score (nSPS) is 24.0. The molecule has 126 valence electrons. The first-order valence-corrected chi connectivity index (χ1v) is 8.54. The Morgan fingerprint density at radius 1 is 1.25 bits per heavy atom. The summed E-state index contributed by atoms with van der Waals surface area (Å²) < 4.78 is 0. The third-order valence-corrected chi connectivity index (χ3v) is 5.69. The zero-order valence-electron chi connectivity index (χ0n) is 14.1. The van der Waals surface area contributed by atoms with Gasteiger partial charge in [0.2, 0.25) is 0 Å². The summed E-state index contributed by atoms with van der Waals surface area (Å²) in [5.74, 6) is 1.43. The van der Waals surface area contributed by atoms with Gasteiger partial charge in [0.05, 0.1) is 0 Å². The molecular weight excluding hydrogens is 302 g/mol.